The zero-order valence-electron chi connectivity index (χ0n) is 13.1. The number of likely N-dealkylation sites (tertiary alicyclic amines) is 1. The normalized spacial score (nSPS) is 28.6. The van der Waals surface area contributed by atoms with Crippen LogP contribution in [0.3, 0.4) is 0 Å². The van der Waals surface area contributed by atoms with Crippen LogP contribution in [0, 0.1) is 11.3 Å². The van der Waals surface area contributed by atoms with E-state index in [1.165, 1.54) is 5.56 Å². The van der Waals surface area contributed by atoms with Gasteiger partial charge < -0.3 is 14.6 Å². The van der Waals surface area contributed by atoms with E-state index >= 15 is 0 Å². The molecule has 2 fully saturated rings. The second kappa shape index (κ2) is 6.75. The molecule has 0 unspecified atom stereocenters. The Bertz CT molecular complexity index is 525. The van der Waals surface area contributed by atoms with Crippen molar-refractivity contribution >= 4 is 11.6 Å². The second-order valence-corrected chi connectivity index (χ2v) is 6.83. The van der Waals surface area contributed by atoms with E-state index in [1.54, 1.807) is 0 Å². The van der Waals surface area contributed by atoms with Crippen molar-refractivity contribution in [2.45, 2.75) is 19.9 Å². The Morgan fingerprint density at radius 2 is 2.36 bits per heavy atom. The van der Waals surface area contributed by atoms with Crippen molar-refractivity contribution in [3.63, 3.8) is 0 Å². The molecule has 2 heterocycles. The summed E-state index contributed by atoms with van der Waals surface area (Å²) in [4.78, 5) is 2.40. The molecular weight excluding hydrogens is 302 g/mol. The molecule has 5 heteroatoms. The molecular formula is C17H24ClNO3. The number of rotatable bonds is 5. The highest BCUT2D eigenvalue weighted by Crippen LogP contribution is 2.41. The van der Waals surface area contributed by atoms with Crippen LogP contribution in [0.2, 0.25) is 5.02 Å². The highest BCUT2D eigenvalue weighted by Gasteiger charge is 2.47. The lowest BCUT2D eigenvalue weighted by Crippen LogP contribution is -2.42. The van der Waals surface area contributed by atoms with Gasteiger partial charge >= 0.3 is 0 Å². The molecule has 0 saturated carbocycles. The molecule has 0 radical (unpaired) electrons. The maximum absolute atomic E-state index is 9.83. The molecule has 2 aliphatic heterocycles. The Morgan fingerprint density at radius 3 is 3.05 bits per heavy atom. The summed E-state index contributed by atoms with van der Waals surface area (Å²) in [6.07, 6.45) is 1.04. The van der Waals surface area contributed by atoms with Gasteiger partial charge in [-0.25, -0.2) is 0 Å². The molecule has 0 spiro atoms. The number of fused-ring (bicyclic) bond motifs is 1. The summed E-state index contributed by atoms with van der Waals surface area (Å²) in [5.74, 6) is 1.27. The fraction of sp³-hybridized carbons (Fsp3) is 0.647. The van der Waals surface area contributed by atoms with E-state index in [2.05, 4.69) is 11.0 Å². The molecule has 0 amide bonds. The van der Waals surface area contributed by atoms with Gasteiger partial charge in [-0.3, -0.25) is 4.90 Å². The first-order valence-electron chi connectivity index (χ1n) is 7.99. The standard InChI is InChI=1S/C17H24ClNO3/c1-2-22-16-4-3-13(7-15(16)18)8-19-9-14-5-6-21-12-17(14,10-19)11-20/h3-4,7,14,20H,2,5-6,8-12H2,1H3/t14-,17+/m0/s1. The molecule has 1 aromatic rings. The minimum absolute atomic E-state index is 0.0761. The van der Waals surface area contributed by atoms with Gasteiger partial charge in [-0.15, -0.1) is 0 Å². The number of ether oxygens (including phenoxy) is 2. The maximum atomic E-state index is 9.83. The molecule has 0 aliphatic carbocycles. The third-order valence-electron chi connectivity index (χ3n) is 4.90. The third kappa shape index (κ3) is 3.11. The van der Waals surface area contributed by atoms with Crippen molar-refractivity contribution in [3.05, 3.63) is 28.8 Å². The first kappa shape index (κ1) is 16.1. The summed E-state index contributed by atoms with van der Waals surface area (Å²) in [6.45, 7) is 7.03. The third-order valence-corrected chi connectivity index (χ3v) is 5.20. The molecule has 2 atom stereocenters. The maximum Gasteiger partial charge on any atom is 0.137 e. The van der Waals surface area contributed by atoms with Gasteiger partial charge in [0, 0.05) is 31.7 Å². The van der Waals surface area contributed by atoms with Crippen molar-refractivity contribution < 1.29 is 14.6 Å². The monoisotopic (exact) mass is 325 g/mol. The Balaban J connectivity index is 1.68. The van der Waals surface area contributed by atoms with Gasteiger partial charge in [-0.2, -0.15) is 0 Å². The lowest BCUT2D eigenvalue weighted by atomic mass is 9.76. The van der Waals surface area contributed by atoms with Crippen molar-refractivity contribution in [1.82, 2.24) is 4.90 Å². The number of hydrogen-bond acceptors (Lipinski definition) is 4. The van der Waals surface area contributed by atoms with Gasteiger partial charge in [-0.1, -0.05) is 17.7 Å². The number of halogens is 1. The average molecular weight is 326 g/mol. The molecule has 1 aromatic carbocycles. The van der Waals surface area contributed by atoms with Gasteiger partial charge in [-0.05, 0) is 37.0 Å². The molecule has 0 aromatic heterocycles. The summed E-state index contributed by atoms with van der Waals surface area (Å²) in [5.41, 5.74) is 1.11. The zero-order chi connectivity index (χ0) is 15.6. The molecule has 2 aliphatic rings. The average Bonchev–Trinajstić information content (AvgIpc) is 2.88. The smallest absolute Gasteiger partial charge is 0.137 e. The van der Waals surface area contributed by atoms with E-state index in [4.69, 9.17) is 21.1 Å². The van der Waals surface area contributed by atoms with Gasteiger partial charge in [0.1, 0.15) is 5.75 Å². The summed E-state index contributed by atoms with van der Waals surface area (Å²) < 4.78 is 11.1. The van der Waals surface area contributed by atoms with E-state index < -0.39 is 0 Å². The van der Waals surface area contributed by atoms with E-state index in [1.807, 2.05) is 19.1 Å². The SMILES string of the molecule is CCOc1ccc(CN2C[C@@H]3CCOC[C@]3(CO)C2)cc1Cl. The zero-order valence-corrected chi connectivity index (χ0v) is 13.8. The fourth-order valence-electron chi connectivity index (χ4n) is 3.72. The number of benzene rings is 1. The van der Waals surface area contributed by atoms with Crippen LogP contribution in [0.1, 0.15) is 18.9 Å². The van der Waals surface area contributed by atoms with E-state index in [0.29, 0.717) is 24.2 Å². The van der Waals surface area contributed by atoms with E-state index in [0.717, 1.165) is 38.4 Å². The molecule has 22 heavy (non-hydrogen) atoms. The lowest BCUT2D eigenvalue weighted by molar-refractivity contribution is -0.0561. The molecule has 1 N–H and O–H groups in total. The van der Waals surface area contributed by atoms with Crippen LogP contribution < -0.4 is 4.74 Å². The van der Waals surface area contributed by atoms with Crippen LogP contribution in [-0.4, -0.2) is 49.5 Å². The van der Waals surface area contributed by atoms with Crippen LogP contribution in [0.25, 0.3) is 0 Å². The van der Waals surface area contributed by atoms with E-state index in [9.17, 15) is 5.11 Å². The van der Waals surface area contributed by atoms with Gasteiger partial charge in [0.2, 0.25) is 0 Å². The van der Waals surface area contributed by atoms with E-state index in [-0.39, 0.29) is 12.0 Å². The topological polar surface area (TPSA) is 41.9 Å². The van der Waals surface area contributed by atoms with Gasteiger partial charge in [0.05, 0.1) is 24.8 Å². The minimum atomic E-state index is -0.0761. The molecule has 3 rings (SSSR count). The molecule has 2 saturated heterocycles. The molecule has 122 valence electrons. The van der Waals surface area contributed by atoms with Crippen LogP contribution in [0.4, 0.5) is 0 Å². The Labute approximate surface area is 137 Å². The summed E-state index contributed by atoms with van der Waals surface area (Å²) in [7, 11) is 0. The number of aliphatic hydroxyl groups is 1. The summed E-state index contributed by atoms with van der Waals surface area (Å²) in [6, 6.07) is 5.99. The van der Waals surface area contributed by atoms with Crippen molar-refractivity contribution in [1.29, 1.82) is 0 Å². The van der Waals surface area contributed by atoms with Crippen molar-refractivity contribution in [3.8, 4) is 5.75 Å². The Hall–Kier alpha value is -0.810. The van der Waals surface area contributed by atoms with Crippen molar-refractivity contribution in [2.24, 2.45) is 11.3 Å². The van der Waals surface area contributed by atoms with Crippen LogP contribution in [0.5, 0.6) is 5.75 Å². The first-order valence-corrected chi connectivity index (χ1v) is 8.37. The largest absolute Gasteiger partial charge is 0.492 e. The number of aliphatic hydroxyl groups excluding tert-OH is 1. The quantitative estimate of drug-likeness (QED) is 0.903. The van der Waals surface area contributed by atoms with Crippen molar-refractivity contribution in [2.75, 3.05) is 39.5 Å². The van der Waals surface area contributed by atoms with Gasteiger partial charge in [0.15, 0.2) is 0 Å². The summed E-state index contributed by atoms with van der Waals surface area (Å²) in [5, 5.41) is 10.5. The molecule has 4 nitrogen and oxygen atoms in total. The first-order chi connectivity index (χ1) is 10.7. The number of hydrogen-bond donors (Lipinski definition) is 1. The Kier molecular flexibility index (Phi) is 4.93. The highest BCUT2D eigenvalue weighted by atomic mass is 35.5. The second-order valence-electron chi connectivity index (χ2n) is 6.43. The highest BCUT2D eigenvalue weighted by molar-refractivity contribution is 6.32. The lowest BCUT2D eigenvalue weighted by Gasteiger charge is -2.36. The van der Waals surface area contributed by atoms with Crippen LogP contribution >= 0.6 is 11.6 Å². The number of nitrogens with zero attached hydrogens (tertiary/aromatic N) is 1. The van der Waals surface area contributed by atoms with Crippen LogP contribution in [-0.2, 0) is 11.3 Å². The van der Waals surface area contributed by atoms with Gasteiger partial charge in [0.25, 0.3) is 0 Å². The summed E-state index contributed by atoms with van der Waals surface area (Å²) >= 11 is 6.27. The fourth-order valence-corrected chi connectivity index (χ4v) is 3.98. The van der Waals surface area contributed by atoms with Crippen LogP contribution in [0.15, 0.2) is 18.2 Å². The molecule has 0 bridgehead atoms. The minimum Gasteiger partial charge on any atom is -0.492 e. The predicted molar refractivity (Wildman–Crippen MR) is 86.3 cm³/mol. The predicted octanol–water partition coefficient (Wildman–Crippen LogP) is 2.57. The Morgan fingerprint density at radius 1 is 1.50 bits per heavy atom.